The van der Waals surface area contributed by atoms with Crippen LogP contribution in [0.5, 0.6) is 0 Å². The van der Waals surface area contributed by atoms with Crippen LogP contribution in [-0.4, -0.2) is 16.0 Å². The molecule has 1 heterocycles. The Morgan fingerprint density at radius 2 is 2.05 bits per heavy atom. The van der Waals surface area contributed by atoms with Crippen molar-refractivity contribution in [3.05, 3.63) is 63.6 Å². The van der Waals surface area contributed by atoms with Gasteiger partial charge in [0.15, 0.2) is 0 Å². The van der Waals surface area contributed by atoms with E-state index in [0.717, 1.165) is 5.69 Å². The lowest BCUT2D eigenvalue weighted by Crippen LogP contribution is -2.18. The van der Waals surface area contributed by atoms with Crippen molar-refractivity contribution in [3.8, 4) is 0 Å². The van der Waals surface area contributed by atoms with E-state index in [1.807, 2.05) is 13.8 Å². The van der Waals surface area contributed by atoms with Gasteiger partial charge >= 0.3 is 0 Å². The number of carbonyl (C=O) groups excluding carboxylic acids is 1. The highest BCUT2D eigenvalue weighted by molar-refractivity contribution is 6.04. The summed E-state index contributed by atoms with van der Waals surface area (Å²) in [5.74, 6) is 0.0430. The SMILES string of the molecule is CC(C)Cc1cc(C(=O)Nc2cccc(CO)c2)cc(=O)[nH]1. The number of nitrogens with one attached hydrogen (secondary N) is 2. The molecule has 1 aromatic carbocycles. The number of anilines is 1. The second-order valence-electron chi connectivity index (χ2n) is 5.67. The Hall–Kier alpha value is -2.40. The Kier molecular flexibility index (Phi) is 5.12. The summed E-state index contributed by atoms with van der Waals surface area (Å²) < 4.78 is 0. The number of aromatic amines is 1. The predicted molar refractivity (Wildman–Crippen MR) is 85.9 cm³/mol. The van der Waals surface area contributed by atoms with Crippen molar-refractivity contribution in [2.75, 3.05) is 5.32 Å². The molecule has 0 spiro atoms. The van der Waals surface area contributed by atoms with Crippen LogP contribution in [0.2, 0.25) is 0 Å². The number of pyridine rings is 1. The normalized spacial score (nSPS) is 10.7. The number of amides is 1. The zero-order chi connectivity index (χ0) is 16.1. The number of aliphatic hydroxyl groups excluding tert-OH is 1. The lowest BCUT2D eigenvalue weighted by molar-refractivity contribution is 0.102. The van der Waals surface area contributed by atoms with Gasteiger partial charge in [0.1, 0.15) is 0 Å². The van der Waals surface area contributed by atoms with Crippen LogP contribution in [-0.2, 0) is 13.0 Å². The number of hydrogen-bond donors (Lipinski definition) is 3. The molecule has 0 saturated carbocycles. The van der Waals surface area contributed by atoms with Gasteiger partial charge in [-0.3, -0.25) is 9.59 Å². The van der Waals surface area contributed by atoms with E-state index < -0.39 is 0 Å². The topological polar surface area (TPSA) is 82.2 Å². The summed E-state index contributed by atoms with van der Waals surface area (Å²) in [6, 6.07) is 9.94. The molecule has 0 atom stereocenters. The fourth-order valence-corrected chi connectivity index (χ4v) is 2.23. The summed E-state index contributed by atoms with van der Waals surface area (Å²) in [5, 5.41) is 11.8. The van der Waals surface area contributed by atoms with Gasteiger partial charge in [0.2, 0.25) is 5.56 Å². The predicted octanol–water partition coefficient (Wildman–Crippen LogP) is 2.32. The minimum Gasteiger partial charge on any atom is -0.392 e. The summed E-state index contributed by atoms with van der Waals surface area (Å²) in [6.45, 7) is 4.00. The van der Waals surface area contributed by atoms with Crippen molar-refractivity contribution in [2.45, 2.75) is 26.9 Å². The fraction of sp³-hybridized carbons (Fsp3) is 0.294. The smallest absolute Gasteiger partial charge is 0.255 e. The monoisotopic (exact) mass is 300 g/mol. The average molecular weight is 300 g/mol. The van der Waals surface area contributed by atoms with Crippen molar-refractivity contribution >= 4 is 11.6 Å². The van der Waals surface area contributed by atoms with Gasteiger partial charge in [-0.15, -0.1) is 0 Å². The number of aromatic nitrogens is 1. The van der Waals surface area contributed by atoms with Gasteiger partial charge in [0, 0.05) is 23.0 Å². The second kappa shape index (κ2) is 7.04. The highest BCUT2D eigenvalue weighted by Gasteiger charge is 2.10. The van der Waals surface area contributed by atoms with Crippen LogP contribution in [0.4, 0.5) is 5.69 Å². The Morgan fingerprint density at radius 1 is 1.27 bits per heavy atom. The molecule has 1 amide bonds. The third kappa shape index (κ3) is 4.30. The Morgan fingerprint density at radius 3 is 2.73 bits per heavy atom. The summed E-state index contributed by atoms with van der Waals surface area (Å²) in [4.78, 5) is 26.7. The molecular weight excluding hydrogens is 280 g/mol. The molecule has 0 radical (unpaired) electrons. The summed E-state index contributed by atoms with van der Waals surface area (Å²) in [7, 11) is 0. The van der Waals surface area contributed by atoms with E-state index in [1.165, 1.54) is 6.07 Å². The lowest BCUT2D eigenvalue weighted by atomic mass is 10.1. The van der Waals surface area contributed by atoms with Gasteiger partial charge in [0.05, 0.1) is 6.61 Å². The van der Waals surface area contributed by atoms with E-state index in [0.29, 0.717) is 29.2 Å². The van der Waals surface area contributed by atoms with E-state index in [4.69, 9.17) is 5.11 Å². The van der Waals surface area contributed by atoms with Crippen LogP contribution in [0, 0.1) is 5.92 Å². The first-order valence-electron chi connectivity index (χ1n) is 7.22. The highest BCUT2D eigenvalue weighted by Crippen LogP contribution is 2.13. The van der Waals surface area contributed by atoms with Gasteiger partial charge in [-0.1, -0.05) is 26.0 Å². The van der Waals surface area contributed by atoms with Crippen LogP contribution >= 0.6 is 0 Å². The molecule has 2 rings (SSSR count). The number of carbonyl (C=O) groups is 1. The number of rotatable bonds is 5. The molecule has 0 saturated heterocycles. The lowest BCUT2D eigenvalue weighted by Gasteiger charge is -2.09. The zero-order valence-corrected chi connectivity index (χ0v) is 12.7. The van der Waals surface area contributed by atoms with Crippen molar-refractivity contribution in [3.63, 3.8) is 0 Å². The Bertz CT molecular complexity index is 720. The van der Waals surface area contributed by atoms with Crippen LogP contribution in [0.3, 0.4) is 0 Å². The molecule has 5 nitrogen and oxygen atoms in total. The third-order valence-electron chi connectivity index (χ3n) is 3.16. The minimum atomic E-state index is -0.341. The number of hydrogen-bond acceptors (Lipinski definition) is 3. The van der Waals surface area contributed by atoms with Gasteiger partial charge < -0.3 is 15.4 Å². The van der Waals surface area contributed by atoms with Crippen LogP contribution < -0.4 is 10.9 Å². The molecule has 22 heavy (non-hydrogen) atoms. The maximum Gasteiger partial charge on any atom is 0.255 e. The summed E-state index contributed by atoms with van der Waals surface area (Å²) >= 11 is 0. The molecule has 0 fully saturated rings. The molecule has 0 aliphatic heterocycles. The fourth-order valence-electron chi connectivity index (χ4n) is 2.23. The van der Waals surface area contributed by atoms with Gasteiger partial charge in [0.25, 0.3) is 5.91 Å². The maximum absolute atomic E-state index is 12.3. The first kappa shape index (κ1) is 16.0. The summed E-state index contributed by atoms with van der Waals surface area (Å²) in [6.07, 6.45) is 0.705. The van der Waals surface area contributed by atoms with Crippen molar-refractivity contribution in [2.24, 2.45) is 5.92 Å². The first-order chi connectivity index (χ1) is 10.5. The Balaban J connectivity index is 2.21. The Labute approximate surface area is 129 Å². The second-order valence-corrected chi connectivity index (χ2v) is 5.67. The van der Waals surface area contributed by atoms with Gasteiger partial charge in [-0.2, -0.15) is 0 Å². The van der Waals surface area contributed by atoms with E-state index in [2.05, 4.69) is 10.3 Å². The minimum absolute atomic E-state index is 0.0900. The quantitative estimate of drug-likeness (QED) is 0.792. The summed E-state index contributed by atoms with van der Waals surface area (Å²) in [5.41, 5.74) is 2.09. The largest absolute Gasteiger partial charge is 0.392 e. The van der Waals surface area contributed by atoms with Crippen LogP contribution in [0.15, 0.2) is 41.2 Å². The molecule has 1 aromatic heterocycles. The first-order valence-corrected chi connectivity index (χ1v) is 7.22. The van der Waals surface area contributed by atoms with Crippen molar-refractivity contribution in [1.82, 2.24) is 4.98 Å². The molecule has 5 heteroatoms. The molecule has 116 valence electrons. The molecule has 3 N–H and O–H groups in total. The number of H-pyrrole nitrogens is 1. The van der Waals surface area contributed by atoms with Crippen LogP contribution in [0.1, 0.15) is 35.5 Å². The molecular formula is C17H20N2O3. The average Bonchev–Trinajstić information content (AvgIpc) is 2.46. The number of aliphatic hydroxyl groups is 1. The zero-order valence-electron chi connectivity index (χ0n) is 12.7. The van der Waals surface area contributed by atoms with Gasteiger partial charge in [-0.05, 0) is 36.1 Å². The van der Waals surface area contributed by atoms with Crippen LogP contribution in [0.25, 0.3) is 0 Å². The molecule has 2 aromatic rings. The van der Waals surface area contributed by atoms with Crippen molar-refractivity contribution in [1.29, 1.82) is 0 Å². The van der Waals surface area contributed by atoms with E-state index in [-0.39, 0.29) is 18.1 Å². The van der Waals surface area contributed by atoms with E-state index in [1.54, 1.807) is 30.3 Å². The van der Waals surface area contributed by atoms with E-state index >= 15 is 0 Å². The maximum atomic E-state index is 12.3. The standard InChI is InChI=1S/C17H20N2O3/c1-11(2)6-15-8-13(9-16(21)18-15)17(22)19-14-5-3-4-12(7-14)10-20/h3-5,7-9,11,20H,6,10H2,1-2H3,(H,18,21)(H,19,22). The molecule has 0 unspecified atom stereocenters. The molecule has 0 aliphatic carbocycles. The number of benzene rings is 1. The third-order valence-corrected chi connectivity index (χ3v) is 3.16. The molecule has 0 aliphatic rings. The van der Waals surface area contributed by atoms with Gasteiger partial charge in [-0.25, -0.2) is 0 Å². The van der Waals surface area contributed by atoms with E-state index in [9.17, 15) is 9.59 Å². The highest BCUT2D eigenvalue weighted by atomic mass is 16.3. The molecule has 0 bridgehead atoms. The van der Waals surface area contributed by atoms with Crippen molar-refractivity contribution < 1.29 is 9.90 Å².